The maximum Gasteiger partial charge on any atom is 0.292 e. The van der Waals surface area contributed by atoms with Gasteiger partial charge < -0.3 is 10.4 Å². The summed E-state index contributed by atoms with van der Waals surface area (Å²) in [6.07, 6.45) is 1.70. The van der Waals surface area contributed by atoms with Gasteiger partial charge >= 0.3 is 0 Å². The van der Waals surface area contributed by atoms with E-state index in [-0.39, 0.29) is 24.3 Å². The normalized spacial score (nSPS) is 12.4. The van der Waals surface area contributed by atoms with Gasteiger partial charge in [0.25, 0.3) is 11.7 Å². The van der Waals surface area contributed by atoms with Gasteiger partial charge in [0, 0.05) is 13.2 Å². The Bertz CT molecular complexity index is 287. The lowest BCUT2D eigenvalue weighted by molar-refractivity contribution is 0.0942. The van der Waals surface area contributed by atoms with Gasteiger partial charge in [0.05, 0.1) is 0 Å². The standard InChI is InChI=1S/C8H15N5O2/c1-6(5-14)3-2-4-9-8(15)7-10-12-13-11-7/h6,14H,2-5H2,1H3,(H,9,15)(H,10,11,12,13). The van der Waals surface area contributed by atoms with E-state index in [1.165, 1.54) is 0 Å². The summed E-state index contributed by atoms with van der Waals surface area (Å²) in [6, 6.07) is 0. The molecule has 1 atom stereocenters. The van der Waals surface area contributed by atoms with Crippen LogP contribution in [0.25, 0.3) is 0 Å². The summed E-state index contributed by atoms with van der Waals surface area (Å²) in [6.45, 7) is 2.69. The zero-order valence-corrected chi connectivity index (χ0v) is 8.60. The summed E-state index contributed by atoms with van der Waals surface area (Å²) in [4.78, 5) is 11.3. The monoisotopic (exact) mass is 213 g/mol. The quantitative estimate of drug-likeness (QED) is 0.544. The zero-order valence-electron chi connectivity index (χ0n) is 8.60. The average Bonchev–Trinajstić information content (AvgIpc) is 2.77. The lowest BCUT2D eigenvalue weighted by atomic mass is 10.1. The first-order valence-electron chi connectivity index (χ1n) is 4.86. The van der Waals surface area contributed by atoms with Gasteiger partial charge in [-0.3, -0.25) is 4.79 Å². The molecule has 1 rings (SSSR count). The number of nitrogens with zero attached hydrogens (tertiary/aromatic N) is 3. The number of H-pyrrole nitrogens is 1. The maximum atomic E-state index is 11.3. The van der Waals surface area contributed by atoms with Crippen LogP contribution in [-0.2, 0) is 0 Å². The Labute approximate surface area is 87.3 Å². The van der Waals surface area contributed by atoms with Gasteiger partial charge in [0.2, 0.25) is 0 Å². The molecular weight excluding hydrogens is 198 g/mol. The first kappa shape index (κ1) is 11.6. The third kappa shape index (κ3) is 4.03. The molecular formula is C8H15N5O2. The van der Waals surface area contributed by atoms with Crippen LogP contribution >= 0.6 is 0 Å². The Morgan fingerprint density at radius 3 is 3.07 bits per heavy atom. The molecule has 0 spiro atoms. The molecule has 0 aliphatic heterocycles. The van der Waals surface area contributed by atoms with Crippen molar-refractivity contribution in [2.24, 2.45) is 5.92 Å². The van der Waals surface area contributed by atoms with Gasteiger partial charge in [-0.25, -0.2) is 0 Å². The Hall–Kier alpha value is -1.50. The van der Waals surface area contributed by atoms with Crippen LogP contribution in [0.15, 0.2) is 0 Å². The largest absolute Gasteiger partial charge is 0.396 e. The topological polar surface area (TPSA) is 104 Å². The highest BCUT2D eigenvalue weighted by molar-refractivity contribution is 5.89. The third-order valence-corrected chi connectivity index (χ3v) is 2.02. The molecule has 1 aromatic rings. The molecule has 1 aromatic heterocycles. The van der Waals surface area contributed by atoms with Crippen LogP contribution < -0.4 is 5.32 Å². The summed E-state index contributed by atoms with van der Waals surface area (Å²) >= 11 is 0. The van der Waals surface area contributed by atoms with Crippen LogP contribution in [0.2, 0.25) is 0 Å². The van der Waals surface area contributed by atoms with E-state index in [1.807, 2.05) is 6.92 Å². The minimum Gasteiger partial charge on any atom is -0.396 e. The number of hydrogen-bond acceptors (Lipinski definition) is 5. The van der Waals surface area contributed by atoms with E-state index in [1.54, 1.807) is 0 Å². The van der Waals surface area contributed by atoms with Gasteiger partial charge in [0.1, 0.15) is 0 Å². The molecule has 0 radical (unpaired) electrons. The number of carbonyl (C=O) groups excluding carboxylic acids is 1. The average molecular weight is 213 g/mol. The highest BCUT2D eigenvalue weighted by Crippen LogP contribution is 2.02. The molecule has 3 N–H and O–H groups in total. The van der Waals surface area contributed by atoms with Crippen LogP contribution in [0.5, 0.6) is 0 Å². The minimum atomic E-state index is -0.333. The highest BCUT2D eigenvalue weighted by Gasteiger charge is 2.09. The number of amides is 1. The number of tetrazole rings is 1. The fourth-order valence-corrected chi connectivity index (χ4v) is 1.08. The molecule has 7 nitrogen and oxygen atoms in total. The van der Waals surface area contributed by atoms with E-state index in [2.05, 4.69) is 25.9 Å². The number of nitrogens with one attached hydrogen (secondary N) is 2. The first-order chi connectivity index (χ1) is 7.24. The van der Waals surface area contributed by atoms with Crippen LogP contribution in [0.4, 0.5) is 0 Å². The van der Waals surface area contributed by atoms with E-state index in [0.29, 0.717) is 6.54 Å². The van der Waals surface area contributed by atoms with E-state index < -0.39 is 0 Å². The Morgan fingerprint density at radius 1 is 1.67 bits per heavy atom. The molecule has 0 aromatic carbocycles. The zero-order chi connectivity index (χ0) is 11.1. The fourth-order valence-electron chi connectivity index (χ4n) is 1.08. The minimum absolute atomic E-state index is 0.0465. The van der Waals surface area contributed by atoms with Crippen molar-refractivity contribution >= 4 is 5.91 Å². The van der Waals surface area contributed by atoms with Crippen molar-refractivity contribution in [3.05, 3.63) is 5.82 Å². The lowest BCUT2D eigenvalue weighted by Gasteiger charge is -2.06. The molecule has 7 heteroatoms. The second-order valence-corrected chi connectivity index (χ2v) is 3.42. The SMILES string of the molecule is CC(CO)CCCNC(=O)c1nn[nH]n1. The number of aromatic amines is 1. The molecule has 1 unspecified atom stereocenters. The number of carbonyl (C=O) groups is 1. The lowest BCUT2D eigenvalue weighted by Crippen LogP contribution is -2.26. The van der Waals surface area contributed by atoms with Crippen LogP contribution in [0, 0.1) is 5.92 Å². The molecule has 1 amide bonds. The Morgan fingerprint density at radius 2 is 2.47 bits per heavy atom. The van der Waals surface area contributed by atoms with Crippen molar-refractivity contribution in [2.75, 3.05) is 13.2 Å². The fraction of sp³-hybridized carbons (Fsp3) is 0.750. The van der Waals surface area contributed by atoms with E-state index >= 15 is 0 Å². The molecule has 0 saturated carbocycles. The summed E-state index contributed by atoms with van der Waals surface area (Å²) in [7, 11) is 0. The van der Waals surface area contributed by atoms with Gasteiger partial charge in [-0.15, -0.1) is 10.2 Å². The maximum absolute atomic E-state index is 11.3. The smallest absolute Gasteiger partial charge is 0.292 e. The van der Waals surface area contributed by atoms with Crippen LogP contribution in [-0.4, -0.2) is 44.8 Å². The summed E-state index contributed by atoms with van der Waals surface area (Å²) in [5, 5.41) is 24.0. The summed E-state index contributed by atoms with van der Waals surface area (Å²) < 4.78 is 0. The number of hydrogen-bond donors (Lipinski definition) is 3. The molecule has 84 valence electrons. The van der Waals surface area contributed by atoms with Crippen molar-refractivity contribution in [1.82, 2.24) is 25.9 Å². The molecule has 0 fully saturated rings. The van der Waals surface area contributed by atoms with Crippen molar-refractivity contribution in [3.63, 3.8) is 0 Å². The van der Waals surface area contributed by atoms with E-state index in [4.69, 9.17) is 5.11 Å². The second kappa shape index (κ2) is 6.07. The van der Waals surface area contributed by atoms with Crippen molar-refractivity contribution in [1.29, 1.82) is 0 Å². The predicted molar refractivity (Wildman–Crippen MR) is 52.0 cm³/mol. The molecule has 15 heavy (non-hydrogen) atoms. The van der Waals surface area contributed by atoms with E-state index in [0.717, 1.165) is 12.8 Å². The molecule has 0 bridgehead atoms. The first-order valence-corrected chi connectivity index (χ1v) is 4.86. The molecule has 0 saturated heterocycles. The number of rotatable bonds is 6. The highest BCUT2D eigenvalue weighted by atomic mass is 16.3. The van der Waals surface area contributed by atoms with Crippen molar-refractivity contribution in [3.8, 4) is 0 Å². The number of aliphatic hydroxyl groups is 1. The van der Waals surface area contributed by atoms with Gasteiger partial charge in [-0.1, -0.05) is 6.92 Å². The van der Waals surface area contributed by atoms with Gasteiger partial charge in [-0.2, -0.15) is 5.21 Å². The summed E-state index contributed by atoms with van der Waals surface area (Å²) in [5.41, 5.74) is 0. The molecule has 0 aliphatic rings. The number of aliphatic hydroxyl groups excluding tert-OH is 1. The van der Waals surface area contributed by atoms with Gasteiger partial charge in [-0.05, 0) is 24.0 Å². The van der Waals surface area contributed by atoms with Crippen LogP contribution in [0.3, 0.4) is 0 Å². The van der Waals surface area contributed by atoms with Crippen LogP contribution in [0.1, 0.15) is 30.4 Å². The van der Waals surface area contributed by atoms with Crippen molar-refractivity contribution < 1.29 is 9.90 Å². The second-order valence-electron chi connectivity index (χ2n) is 3.42. The predicted octanol–water partition coefficient (Wildman–Crippen LogP) is -0.662. The van der Waals surface area contributed by atoms with Gasteiger partial charge in [0.15, 0.2) is 0 Å². The number of aromatic nitrogens is 4. The van der Waals surface area contributed by atoms with E-state index in [9.17, 15) is 4.79 Å². The molecule has 0 aliphatic carbocycles. The Balaban J connectivity index is 2.13. The van der Waals surface area contributed by atoms with Crippen molar-refractivity contribution in [2.45, 2.75) is 19.8 Å². The third-order valence-electron chi connectivity index (χ3n) is 2.02. The Kier molecular flexibility index (Phi) is 4.69. The molecule has 1 heterocycles. The summed E-state index contributed by atoms with van der Waals surface area (Å²) in [5.74, 6) is -0.0160.